The molecule has 0 aliphatic rings. The number of nitrogens with one attached hydrogen (secondary N) is 2. The molecule has 0 aliphatic carbocycles. The number of amides is 2. The van der Waals surface area contributed by atoms with E-state index in [1.165, 1.54) is 30.5 Å². The second-order valence-corrected chi connectivity index (χ2v) is 6.79. The molecular formula is C21H15BrN2O5. The zero-order valence-corrected chi connectivity index (χ0v) is 16.5. The first-order chi connectivity index (χ1) is 13.9. The lowest BCUT2D eigenvalue weighted by atomic mass is 10.2. The molecule has 1 aromatic heterocycles. The number of furan rings is 1. The highest BCUT2D eigenvalue weighted by Crippen LogP contribution is 2.15. The molecule has 0 atom stereocenters. The van der Waals surface area contributed by atoms with Crippen LogP contribution in [0.3, 0.4) is 0 Å². The van der Waals surface area contributed by atoms with Crippen molar-refractivity contribution in [3.05, 3.63) is 94.0 Å². The highest BCUT2D eigenvalue weighted by Gasteiger charge is 2.16. The number of carbonyl (C=O) groups is 3. The van der Waals surface area contributed by atoms with Crippen molar-refractivity contribution in [1.82, 2.24) is 5.32 Å². The molecule has 0 saturated heterocycles. The van der Waals surface area contributed by atoms with E-state index in [-0.39, 0.29) is 16.9 Å². The zero-order valence-electron chi connectivity index (χ0n) is 14.9. The van der Waals surface area contributed by atoms with Crippen molar-refractivity contribution < 1.29 is 23.9 Å². The van der Waals surface area contributed by atoms with Gasteiger partial charge in [-0.25, -0.2) is 4.79 Å². The molecule has 3 N–H and O–H groups in total. The first kappa shape index (κ1) is 20.1. The number of anilines is 1. The van der Waals surface area contributed by atoms with Crippen LogP contribution in [0.5, 0.6) is 0 Å². The molecule has 3 rings (SSSR count). The SMILES string of the molecule is O=C(Nc1cccc(C(=O)O)c1)/C(=C\c1ccco1)NC(=O)c1ccc(Br)cc1. The molecule has 2 amide bonds. The summed E-state index contributed by atoms with van der Waals surface area (Å²) in [6.45, 7) is 0. The van der Waals surface area contributed by atoms with Gasteiger partial charge in [0.15, 0.2) is 0 Å². The molecule has 3 aromatic rings. The molecule has 0 radical (unpaired) electrons. The molecule has 0 bridgehead atoms. The third-order valence-electron chi connectivity index (χ3n) is 3.80. The van der Waals surface area contributed by atoms with Crippen molar-refractivity contribution in [2.24, 2.45) is 0 Å². The van der Waals surface area contributed by atoms with Crippen LogP contribution in [0.1, 0.15) is 26.5 Å². The summed E-state index contributed by atoms with van der Waals surface area (Å²) in [7, 11) is 0. The average Bonchev–Trinajstić information content (AvgIpc) is 3.21. The quantitative estimate of drug-likeness (QED) is 0.484. The van der Waals surface area contributed by atoms with Gasteiger partial charge in [-0.2, -0.15) is 0 Å². The molecule has 29 heavy (non-hydrogen) atoms. The van der Waals surface area contributed by atoms with E-state index >= 15 is 0 Å². The van der Waals surface area contributed by atoms with Crippen LogP contribution in [0.4, 0.5) is 5.69 Å². The predicted molar refractivity (Wildman–Crippen MR) is 110 cm³/mol. The van der Waals surface area contributed by atoms with Gasteiger partial charge in [0.25, 0.3) is 11.8 Å². The lowest BCUT2D eigenvalue weighted by Gasteiger charge is -2.11. The van der Waals surface area contributed by atoms with E-state index in [2.05, 4.69) is 26.6 Å². The molecule has 0 fully saturated rings. The minimum Gasteiger partial charge on any atom is -0.478 e. The Labute approximate surface area is 174 Å². The lowest BCUT2D eigenvalue weighted by Crippen LogP contribution is -2.30. The van der Waals surface area contributed by atoms with Crippen molar-refractivity contribution in [2.75, 3.05) is 5.32 Å². The molecule has 1 heterocycles. The maximum atomic E-state index is 12.8. The third kappa shape index (κ3) is 5.43. The highest BCUT2D eigenvalue weighted by atomic mass is 79.9. The first-order valence-corrected chi connectivity index (χ1v) is 9.18. The molecule has 0 aliphatic heterocycles. The van der Waals surface area contributed by atoms with Crippen molar-refractivity contribution in [2.45, 2.75) is 0 Å². The van der Waals surface area contributed by atoms with Crippen molar-refractivity contribution >= 4 is 45.5 Å². The van der Waals surface area contributed by atoms with Crippen LogP contribution in [0.25, 0.3) is 6.08 Å². The van der Waals surface area contributed by atoms with Crippen molar-refractivity contribution in [3.63, 3.8) is 0 Å². The molecule has 2 aromatic carbocycles. The van der Waals surface area contributed by atoms with Gasteiger partial charge < -0.3 is 20.2 Å². The van der Waals surface area contributed by atoms with Crippen LogP contribution in [-0.4, -0.2) is 22.9 Å². The molecular weight excluding hydrogens is 440 g/mol. The third-order valence-corrected chi connectivity index (χ3v) is 4.33. The molecule has 0 unspecified atom stereocenters. The molecule has 146 valence electrons. The molecule has 7 nitrogen and oxygen atoms in total. The summed E-state index contributed by atoms with van der Waals surface area (Å²) >= 11 is 3.30. The molecule has 0 saturated carbocycles. The van der Waals surface area contributed by atoms with Gasteiger partial charge in [0, 0.05) is 21.8 Å². The Morgan fingerprint density at radius 3 is 2.38 bits per heavy atom. The molecule has 0 spiro atoms. The van der Waals surface area contributed by atoms with Gasteiger partial charge in [-0.1, -0.05) is 22.0 Å². The van der Waals surface area contributed by atoms with E-state index < -0.39 is 17.8 Å². The van der Waals surface area contributed by atoms with Crippen molar-refractivity contribution in [3.8, 4) is 0 Å². The number of rotatable bonds is 6. The fourth-order valence-corrected chi connectivity index (χ4v) is 2.66. The van der Waals surface area contributed by atoms with E-state index in [0.717, 1.165) is 4.47 Å². The van der Waals surface area contributed by atoms with Crippen LogP contribution >= 0.6 is 15.9 Å². The summed E-state index contributed by atoms with van der Waals surface area (Å²) in [5.41, 5.74) is 0.601. The highest BCUT2D eigenvalue weighted by molar-refractivity contribution is 9.10. The summed E-state index contributed by atoms with van der Waals surface area (Å²) < 4.78 is 6.04. The van der Waals surface area contributed by atoms with E-state index in [1.54, 1.807) is 42.5 Å². The Morgan fingerprint density at radius 2 is 1.72 bits per heavy atom. The van der Waals surface area contributed by atoms with Crippen LogP contribution in [0.15, 0.2) is 81.5 Å². The van der Waals surface area contributed by atoms with Gasteiger partial charge >= 0.3 is 5.97 Å². The summed E-state index contributed by atoms with van der Waals surface area (Å²) in [6, 6.07) is 15.7. The number of carboxylic acids is 1. The molecule has 8 heteroatoms. The minimum atomic E-state index is -1.11. The minimum absolute atomic E-state index is 0.0262. The number of hydrogen-bond acceptors (Lipinski definition) is 4. The van der Waals surface area contributed by atoms with Gasteiger partial charge in [-0.3, -0.25) is 9.59 Å². The fraction of sp³-hybridized carbons (Fsp3) is 0. The Hall–Kier alpha value is -3.65. The van der Waals surface area contributed by atoms with Gasteiger partial charge in [-0.05, 0) is 54.6 Å². The smallest absolute Gasteiger partial charge is 0.335 e. The Balaban J connectivity index is 1.84. The van der Waals surface area contributed by atoms with Crippen LogP contribution < -0.4 is 10.6 Å². The number of aromatic carboxylic acids is 1. The van der Waals surface area contributed by atoms with Gasteiger partial charge in [0.1, 0.15) is 11.5 Å². The van der Waals surface area contributed by atoms with Gasteiger partial charge in [0.2, 0.25) is 0 Å². The largest absolute Gasteiger partial charge is 0.478 e. The Bertz CT molecular complexity index is 1070. The first-order valence-electron chi connectivity index (χ1n) is 8.39. The van der Waals surface area contributed by atoms with E-state index in [0.29, 0.717) is 11.3 Å². The maximum absolute atomic E-state index is 12.8. The van der Waals surface area contributed by atoms with Crippen molar-refractivity contribution in [1.29, 1.82) is 0 Å². The summed E-state index contributed by atoms with van der Waals surface area (Å²) in [5, 5.41) is 14.2. The van der Waals surface area contributed by atoms with Crippen LogP contribution in [0.2, 0.25) is 0 Å². The monoisotopic (exact) mass is 454 g/mol. The Kier molecular flexibility index (Phi) is 6.25. The number of hydrogen-bond donors (Lipinski definition) is 3. The Morgan fingerprint density at radius 1 is 0.966 bits per heavy atom. The lowest BCUT2D eigenvalue weighted by molar-refractivity contribution is -0.113. The topological polar surface area (TPSA) is 109 Å². The average molecular weight is 455 g/mol. The zero-order chi connectivity index (χ0) is 20.8. The second kappa shape index (κ2) is 9.03. The van der Waals surface area contributed by atoms with Crippen LogP contribution in [-0.2, 0) is 4.79 Å². The van der Waals surface area contributed by atoms with E-state index in [9.17, 15) is 14.4 Å². The van der Waals surface area contributed by atoms with E-state index in [4.69, 9.17) is 9.52 Å². The second-order valence-electron chi connectivity index (χ2n) is 5.87. The standard InChI is InChI=1S/C21H15BrN2O5/c22-15-8-6-13(7-9-15)19(25)24-18(12-17-5-2-10-29-17)20(26)23-16-4-1-3-14(11-16)21(27)28/h1-12H,(H,23,26)(H,24,25)(H,27,28)/b18-12+. The maximum Gasteiger partial charge on any atom is 0.335 e. The van der Waals surface area contributed by atoms with Crippen LogP contribution in [0, 0.1) is 0 Å². The summed E-state index contributed by atoms with van der Waals surface area (Å²) in [6.07, 6.45) is 2.82. The number of carbonyl (C=O) groups excluding carboxylic acids is 2. The predicted octanol–water partition coefficient (Wildman–Crippen LogP) is 4.15. The number of halogens is 1. The normalized spacial score (nSPS) is 11.0. The summed E-state index contributed by atoms with van der Waals surface area (Å²) in [5.74, 6) is -1.86. The number of benzene rings is 2. The van der Waals surface area contributed by atoms with Gasteiger partial charge in [0.05, 0.1) is 11.8 Å². The summed E-state index contributed by atoms with van der Waals surface area (Å²) in [4.78, 5) is 36.4. The fourth-order valence-electron chi connectivity index (χ4n) is 2.40. The van der Waals surface area contributed by atoms with E-state index in [1.807, 2.05) is 0 Å². The number of carboxylic acid groups (broad SMARTS) is 1. The van der Waals surface area contributed by atoms with Gasteiger partial charge in [-0.15, -0.1) is 0 Å².